The van der Waals surface area contributed by atoms with Crippen molar-refractivity contribution in [1.29, 1.82) is 0 Å². The standard InChI is InChI=1S/C24H29ClN2O5/c1-7-16-13-26(23(28)17-11-21(30-5)22(31-6)12-18(17)25)19-9-14(3)15(4)10-20(19)27(16)24(29)32-8-2/h9-12,16H,7-8,13H2,1-6H3. The molecule has 1 aliphatic rings. The first-order valence-corrected chi connectivity index (χ1v) is 11.0. The fourth-order valence-electron chi connectivity index (χ4n) is 3.89. The summed E-state index contributed by atoms with van der Waals surface area (Å²) in [5.41, 5.74) is 3.62. The van der Waals surface area contributed by atoms with Gasteiger partial charge in [0.2, 0.25) is 0 Å². The predicted molar refractivity (Wildman–Crippen MR) is 126 cm³/mol. The van der Waals surface area contributed by atoms with Crippen molar-refractivity contribution in [2.75, 3.05) is 37.2 Å². The van der Waals surface area contributed by atoms with Gasteiger partial charge in [0.25, 0.3) is 5.91 Å². The summed E-state index contributed by atoms with van der Waals surface area (Å²) in [6.45, 7) is 8.30. The van der Waals surface area contributed by atoms with Crippen molar-refractivity contribution in [3.8, 4) is 11.5 Å². The van der Waals surface area contributed by atoms with E-state index in [1.807, 2.05) is 32.9 Å². The van der Waals surface area contributed by atoms with E-state index in [0.29, 0.717) is 41.4 Å². The van der Waals surface area contributed by atoms with E-state index in [0.717, 1.165) is 11.1 Å². The molecule has 1 atom stereocenters. The molecule has 0 aliphatic carbocycles. The van der Waals surface area contributed by atoms with Gasteiger partial charge in [-0.2, -0.15) is 0 Å². The van der Waals surface area contributed by atoms with Crippen LogP contribution >= 0.6 is 11.6 Å². The Labute approximate surface area is 193 Å². The molecule has 1 aliphatic heterocycles. The van der Waals surface area contributed by atoms with Gasteiger partial charge in [0.1, 0.15) is 0 Å². The van der Waals surface area contributed by atoms with E-state index < -0.39 is 6.09 Å². The molecular weight excluding hydrogens is 432 g/mol. The van der Waals surface area contributed by atoms with Crippen LogP contribution in [-0.2, 0) is 4.74 Å². The minimum absolute atomic E-state index is 0.244. The van der Waals surface area contributed by atoms with E-state index >= 15 is 0 Å². The molecule has 3 rings (SSSR count). The first-order chi connectivity index (χ1) is 15.3. The lowest BCUT2D eigenvalue weighted by molar-refractivity contribution is 0.0981. The van der Waals surface area contributed by atoms with E-state index in [1.165, 1.54) is 14.2 Å². The molecule has 0 saturated heterocycles. The normalized spacial score (nSPS) is 15.3. The third-order valence-electron chi connectivity index (χ3n) is 5.78. The van der Waals surface area contributed by atoms with Crippen LogP contribution < -0.4 is 19.3 Å². The molecule has 2 amide bonds. The SMILES string of the molecule is CCOC(=O)N1c2cc(C)c(C)cc2N(C(=O)c2cc(OC)c(OC)cc2Cl)CC1CC. The molecule has 172 valence electrons. The number of carbonyl (C=O) groups is 2. The molecule has 2 aromatic rings. The number of methoxy groups -OCH3 is 2. The summed E-state index contributed by atoms with van der Waals surface area (Å²) < 4.78 is 16.0. The van der Waals surface area contributed by atoms with Gasteiger partial charge in [0.05, 0.1) is 48.8 Å². The van der Waals surface area contributed by atoms with Crippen LogP contribution in [0, 0.1) is 13.8 Å². The summed E-state index contributed by atoms with van der Waals surface area (Å²) in [5.74, 6) is 0.583. The second-order valence-corrected chi connectivity index (χ2v) is 8.07. The number of hydrogen-bond acceptors (Lipinski definition) is 5. The van der Waals surface area contributed by atoms with Crippen molar-refractivity contribution in [3.63, 3.8) is 0 Å². The van der Waals surface area contributed by atoms with E-state index in [9.17, 15) is 9.59 Å². The fourth-order valence-corrected chi connectivity index (χ4v) is 4.12. The van der Waals surface area contributed by atoms with E-state index in [4.69, 9.17) is 25.8 Å². The van der Waals surface area contributed by atoms with E-state index in [-0.39, 0.29) is 23.6 Å². The Morgan fingerprint density at radius 1 is 1.00 bits per heavy atom. The minimum Gasteiger partial charge on any atom is -0.493 e. The average molecular weight is 461 g/mol. The molecule has 0 aromatic heterocycles. The third kappa shape index (κ3) is 4.21. The zero-order valence-electron chi connectivity index (χ0n) is 19.3. The van der Waals surface area contributed by atoms with Gasteiger partial charge in [0, 0.05) is 12.6 Å². The second-order valence-electron chi connectivity index (χ2n) is 7.66. The fraction of sp³-hybridized carbons (Fsp3) is 0.417. The molecule has 0 saturated carbocycles. The van der Waals surface area contributed by atoms with Crippen LogP contribution in [0.25, 0.3) is 0 Å². The van der Waals surface area contributed by atoms with Crippen molar-refractivity contribution in [2.24, 2.45) is 0 Å². The first-order valence-electron chi connectivity index (χ1n) is 10.6. The van der Waals surface area contributed by atoms with Crippen molar-refractivity contribution in [3.05, 3.63) is 46.0 Å². The largest absolute Gasteiger partial charge is 0.493 e. The summed E-state index contributed by atoms with van der Waals surface area (Å²) in [6.07, 6.45) is 0.231. The molecular formula is C24H29ClN2O5. The average Bonchev–Trinajstić information content (AvgIpc) is 2.78. The number of ether oxygens (including phenoxy) is 3. The smallest absolute Gasteiger partial charge is 0.414 e. The van der Waals surface area contributed by atoms with Gasteiger partial charge in [0.15, 0.2) is 11.5 Å². The summed E-state index contributed by atoms with van der Waals surface area (Å²) >= 11 is 6.46. The molecule has 0 bridgehead atoms. The van der Waals surface area contributed by atoms with Crippen LogP contribution in [0.15, 0.2) is 24.3 Å². The minimum atomic E-state index is -0.417. The maximum absolute atomic E-state index is 13.7. The zero-order chi connectivity index (χ0) is 23.6. The predicted octanol–water partition coefficient (Wildman–Crippen LogP) is 5.38. The summed E-state index contributed by atoms with van der Waals surface area (Å²) in [6, 6.07) is 6.77. The lowest BCUT2D eigenvalue weighted by Crippen LogP contribution is -2.53. The highest BCUT2D eigenvalue weighted by atomic mass is 35.5. The quantitative estimate of drug-likeness (QED) is 0.599. The van der Waals surface area contributed by atoms with Crippen molar-refractivity contribution >= 4 is 35.0 Å². The Balaban J connectivity index is 2.15. The topological polar surface area (TPSA) is 68.3 Å². The molecule has 32 heavy (non-hydrogen) atoms. The van der Waals surface area contributed by atoms with Crippen molar-refractivity contribution in [1.82, 2.24) is 0 Å². The zero-order valence-corrected chi connectivity index (χ0v) is 20.1. The molecule has 0 fully saturated rings. The Morgan fingerprint density at radius 3 is 2.16 bits per heavy atom. The second kappa shape index (κ2) is 9.69. The molecule has 0 spiro atoms. The Kier molecular flexibility index (Phi) is 7.19. The maximum atomic E-state index is 13.7. The van der Waals surface area contributed by atoms with Gasteiger partial charge < -0.3 is 19.1 Å². The highest BCUT2D eigenvalue weighted by molar-refractivity contribution is 6.35. The highest BCUT2D eigenvalue weighted by Gasteiger charge is 2.38. The molecule has 0 N–H and O–H groups in total. The summed E-state index contributed by atoms with van der Waals surface area (Å²) in [7, 11) is 3.02. The molecule has 8 heteroatoms. The lowest BCUT2D eigenvalue weighted by Gasteiger charge is -2.42. The van der Waals surface area contributed by atoms with E-state index in [1.54, 1.807) is 28.9 Å². The third-order valence-corrected chi connectivity index (χ3v) is 6.10. The molecule has 1 heterocycles. The van der Waals surface area contributed by atoms with Gasteiger partial charge >= 0.3 is 6.09 Å². The molecule has 7 nitrogen and oxygen atoms in total. The number of anilines is 2. The number of fused-ring (bicyclic) bond motifs is 1. The van der Waals surface area contributed by atoms with Crippen LogP contribution in [0.5, 0.6) is 11.5 Å². The number of halogens is 1. The molecule has 0 radical (unpaired) electrons. The van der Waals surface area contributed by atoms with Crippen molar-refractivity contribution in [2.45, 2.75) is 40.2 Å². The van der Waals surface area contributed by atoms with Gasteiger partial charge in [-0.25, -0.2) is 4.79 Å². The van der Waals surface area contributed by atoms with Gasteiger partial charge in [-0.1, -0.05) is 18.5 Å². The molecule has 2 aromatic carbocycles. The Morgan fingerprint density at radius 2 is 1.59 bits per heavy atom. The van der Waals surface area contributed by atoms with Crippen LogP contribution in [0.2, 0.25) is 5.02 Å². The van der Waals surface area contributed by atoms with Gasteiger partial charge in [-0.3, -0.25) is 9.69 Å². The van der Waals surface area contributed by atoms with Crippen LogP contribution in [-0.4, -0.2) is 45.4 Å². The number of benzene rings is 2. The van der Waals surface area contributed by atoms with Crippen LogP contribution in [0.4, 0.5) is 16.2 Å². The Hall–Kier alpha value is -2.93. The number of amides is 2. The number of carbonyl (C=O) groups excluding carboxylic acids is 2. The Bertz CT molecular complexity index is 1040. The first kappa shape index (κ1) is 23.7. The van der Waals surface area contributed by atoms with Crippen LogP contribution in [0.3, 0.4) is 0 Å². The van der Waals surface area contributed by atoms with E-state index in [2.05, 4.69) is 0 Å². The number of hydrogen-bond donors (Lipinski definition) is 0. The van der Waals surface area contributed by atoms with Gasteiger partial charge in [-0.05, 0) is 56.5 Å². The van der Waals surface area contributed by atoms with Crippen molar-refractivity contribution < 1.29 is 23.8 Å². The highest BCUT2D eigenvalue weighted by Crippen LogP contribution is 2.41. The van der Waals surface area contributed by atoms with Crippen LogP contribution in [0.1, 0.15) is 41.8 Å². The van der Waals surface area contributed by atoms with Gasteiger partial charge in [-0.15, -0.1) is 0 Å². The monoisotopic (exact) mass is 460 g/mol. The molecule has 1 unspecified atom stereocenters. The number of aryl methyl sites for hydroxylation is 2. The summed E-state index contributed by atoms with van der Waals surface area (Å²) in [5, 5.41) is 0.263. The number of nitrogens with zero attached hydrogens (tertiary/aromatic N) is 2. The summed E-state index contributed by atoms with van der Waals surface area (Å²) in [4.78, 5) is 29.9. The lowest BCUT2D eigenvalue weighted by atomic mass is 9.99. The maximum Gasteiger partial charge on any atom is 0.414 e. The number of rotatable bonds is 5.